The van der Waals surface area contributed by atoms with Gasteiger partial charge in [0.05, 0.1) is 23.6 Å². The van der Waals surface area contributed by atoms with Crippen molar-refractivity contribution in [3.63, 3.8) is 0 Å². The molecule has 2 atom stereocenters. The standard InChI is InChI=1S/C32H33F4N9O5/c1-5-20-27(43-10-11-44(22-9-8-21(22)43)31(49)26-28(47)16(2)38-15-39-26)29(48)25-30(37-13-23(41-25)42(3)4)45(20)14-24(46)40-19-7-6-17(12-18(19)33)50-32(34,35)36/h6-7,12-13,15,21-22,47H,5,8-11,14H2,1-4H3,(H,40,46)/t21-,22-/m0/s1. The number of aromatic nitrogens is 5. The molecule has 18 heteroatoms. The van der Waals surface area contributed by atoms with Gasteiger partial charge in [-0.3, -0.25) is 14.4 Å². The van der Waals surface area contributed by atoms with Crippen molar-refractivity contribution in [1.82, 2.24) is 29.4 Å². The second-order valence-corrected chi connectivity index (χ2v) is 12.2. The zero-order valence-electron chi connectivity index (χ0n) is 27.5. The summed E-state index contributed by atoms with van der Waals surface area (Å²) in [4.78, 5) is 63.5. The number of pyridine rings is 1. The maximum absolute atomic E-state index is 14.7. The van der Waals surface area contributed by atoms with Crippen molar-refractivity contribution >= 4 is 40.2 Å². The predicted molar refractivity (Wildman–Crippen MR) is 173 cm³/mol. The number of anilines is 3. The smallest absolute Gasteiger partial charge is 0.504 e. The molecule has 4 heterocycles. The van der Waals surface area contributed by atoms with Crippen LogP contribution in [0, 0.1) is 12.7 Å². The number of ether oxygens (including phenoxy) is 1. The molecule has 6 rings (SSSR count). The number of fused-ring (bicyclic) bond motifs is 2. The maximum Gasteiger partial charge on any atom is 0.573 e. The van der Waals surface area contributed by atoms with Crippen LogP contribution in [-0.2, 0) is 17.8 Å². The summed E-state index contributed by atoms with van der Waals surface area (Å²) in [5.74, 6) is -3.02. The number of carbonyl (C=O) groups excluding carboxylic acids is 2. The molecule has 2 N–H and O–H groups in total. The van der Waals surface area contributed by atoms with Crippen molar-refractivity contribution in [2.24, 2.45) is 0 Å². The van der Waals surface area contributed by atoms with Gasteiger partial charge in [0.1, 0.15) is 35.9 Å². The summed E-state index contributed by atoms with van der Waals surface area (Å²) < 4.78 is 57.8. The van der Waals surface area contributed by atoms with E-state index in [4.69, 9.17) is 0 Å². The fourth-order valence-electron chi connectivity index (χ4n) is 6.42. The number of rotatable bonds is 8. The molecule has 264 valence electrons. The summed E-state index contributed by atoms with van der Waals surface area (Å²) in [6.45, 7) is 3.38. The molecule has 1 aromatic carbocycles. The first-order valence-corrected chi connectivity index (χ1v) is 15.7. The molecule has 0 unspecified atom stereocenters. The summed E-state index contributed by atoms with van der Waals surface area (Å²) in [5.41, 5.74) is 0.229. The predicted octanol–water partition coefficient (Wildman–Crippen LogP) is 3.39. The molecule has 0 radical (unpaired) electrons. The number of aromatic hydroxyl groups is 1. The number of nitrogens with zero attached hydrogens (tertiary/aromatic N) is 8. The van der Waals surface area contributed by atoms with Gasteiger partial charge < -0.3 is 34.4 Å². The summed E-state index contributed by atoms with van der Waals surface area (Å²) in [7, 11) is 3.46. The second kappa shape index (κ2) is 13.1. The third kappa shape index (κ3) is 6.32. The quantitative estimate of drug-likeness (QED) is 0.260. The lowest BCUT2D eigenvalue weighted by Gasteiger charge is -2.54. The first-order valence-electron chi connectivity index (χ1n) is 15.7. The number of hydrogen-bond donors (Lipinski definition) is 2. The van der Waals surface area contributed by atoms with Gasteiger partial charge in [0.15, 0.2) is 22.6 Å². The molecule has 0 spiro atoms. The molecule has 1 aliphatic heterocycles. The van der Waals surface area contributed by atoms with E-state index in [1.165, 1.54) is 17.1 Å². The van der Waals surface area contributed by atoms with Gasteiger partial charge in [-0.15, -0.1) is 13.2 Å². The number of carbonyl (C=O) groups is 2. The van der Waals surface area contributed by atoms with Gasteiger partial charge in [0.2, 0.25) is 11.3 Å². The average molecular weight is 700 g/mol. The molecule has 14 nitrogen and oxygen atoms in total. The van der Waals surface area contributed by atoms with Crippen LogP contribution >= 0.6 is 0 Å². The van der Waals surface area contributed by atoms with Crippen LogP contribution in [0.3, 0.4) is 0 Å². The van der Waals surface area contributed by atoms with E-state index in [0.29, 0.717) is 36.1 Å². The van der Waals surface area contributed by atoms with Crippen molar-refractivity contribution in [1.29, 1.82) is 0 Å². The number of alkyl halides is 3. The third-order valence-corrected chi connectivity index (χ3v) is 8.91. The van der Waals surface area contributed by atoms with E-state index in [-0.39, 0.29) is 65.6 Å². The highest BCUT2D eigenvalue weighted by Crippen LogP contribution is 2.39. The van der Waals surface area contributed by atoms with Crippen LogP contribution in [0.25, 0.3) is 11.2 Å². The summed E-state index contributed by atoms with van der Waals surface area (Å²) in [5, 5.41) is 12.9. The number of hydrogen-bond acceptors (Lipinski definition) is 11. The molecule has 1 saturated heterocycles. The number of piperazine rings is 1. The van der Waals surface area contributed by atoms with Gasteiger partial charge in [-0.2, -0.15) is 0 Å². The van der Waals surface area contributed by atoms with Crippen LogP contribution in [0.15, 0.2) is 35.5 Å². The first-order chi connectivity index (χ1) is 23.7. The lowest BCUT2D eigenvalue weighted by molar-refractivity contribution is -0.274. The van der Waals surface area contributed by atoms with Crippen molar-refractivity contribution in [2.75, 3.05) is 42.3 Å². The molecule has 2 aliphatic rings. The summed E-state index contributed by atoms with van der Waals surface area (Å²) in [6.07, 6.45) is -0.788. The molecule has 50 heavy (non-hydrogen) atoms. The van der Waals surface area contributed by atoms with Crippen LogP contribution in [0.4, 0.5) is 34.8 Å². The summed E-state index contributed by atoms with van der Waals surface area (Å²) in [6, 6.07) is 1.76. The molecule has 4 aromatic rings. The van der Waals surface area contributed by atoms with Crippen molar-refractivity contribution in [2.45, 2.75) is 58.1 Å². The van der Waals surface area contributed by atoms with E-state index in [9.17, 15) is 37.1 Å². The Morgan fingerprint density at radius 2 is 1.86 bits per heavy atom. The Bertz CT molecular complexity index is 2060. The van der Waals surface area contributed by atoms with Crippen LogP contribution in [-0.4, -0.2) is 92.0 Å². The molecule has 2 fully saturated rings. The number of aryl methyl sites for hydroxylation is 1. The molecule has 1 aliphatic carbocycles. The van der Waals surface area contributed by atoms with Gasteiger partial charge in [-0.1, -0.05) is 6.92 Å². The zero-order valence-corrected chi connectivity index (χ0v) is 27.5. The van der Waals surface area contributed by atoms with Crippen LogP contribution < -0.4 is 25.3 Å². The van der Waals surface area contributed by atoms with Gasteiger partial charge >= 0.3 is 6.36 Å². The Kier molecular flexibility index (Phi) is 8.96. The molecule has 2 amide bonds. The van der Waals surface area contributed by atoms with Crippen molar-refractivity contribution in [3.05, 3.63) is 63.8 Å². The largest absolute Gasteiger partial charge is 0.573 e. The lowest BCUT2D eigenvalue weighted by atomic mass is 9.81. The number of amides is 2. The number of halogens is 4. The molecule has 0 bridgehead atoms. The van der Waals surface area contributed by atoms with E-state index in [1.54, 1.807) is 37.7 Å². The molecular formula is C32H33F4N9O5. The van der Waals surface area contributed by atoms with Gasteiger partial charge in [0, 0.05) is 45.0 Å². The van der Waals surface area contributed by atoms with E-state index in [2.05, 4.69) is 30.0 Å². The summed E-state index contributed by atoms with van der Waals surface area (Å²) >= 11 is 0. The highest BCUT2D eigenvalue weighted by atomic mass is 19.4. The number of nitrogens with one attached hydrogen (secondary N) is 1. The monoisotopic (exact) mass is 699 g/mol. The van der Waals surface area contributed by atoms with Crippen LogP contribution in [0.2, 0.25) is 0 Å². The van der Waals surface area contributed by atoms with E-state index >= 15 is 0 Å². The van der Waals surface area contributed by atoms with Crippen molar-refractivity contribution in [3.8, 4) is 11.5 Å². The normalized spacial score (nSPS) is 17.3. The Labute approximate surface area is 282 Å². The van der Waals surface area contributed by atoms with Crippen molar-refractivity contribution < 1.29 is 37.0 Å². The van der Waals surface area contributed by atoms with E-state index < -0.39 is 41.7 Å². The Morgan fingerprint density at radius 3 is 2.50 bits per heavy atom. The average Bonchev–Trinajstić information content (AvgIpc) is 3.03. The first kappa shape index (κ1) is 34.3. The molecule has 3 aromatic heterocycles. The minimum Gasteiger partial charge on any atom is -0.504 e. The minimum atomic E-state index is -5.02. The van der Waals surface area contributed by atoms with Crippen LogP contribution in [0.5, 0.6) is 11.5 Å². The number of benzene rings is 1. The van der Waals surface area contributed by atoms with Gasteiger partial charge in [0.25, 0.3) is 5.91 Å². The van der Waals surface area contributed by atoms with E-state index in [0.717, 1.165) is 12.1 Å². The fourth-order valence-corrected chi connectivity index (χ4v) is 6.42. The second-order valence-electron chi connectivity index (χ2n) is 12.2. The third-order valence-electron chi connectivity index (χ3n) is 8.91. The Balaban J connectivity index is 1.36. The minimum absolute atomic E-state index is 0.00760. The highest BCUT2D eigenvalue weighted by molar-refractivity contribution is 5.96. The Hall–Kier alpha value is -5.55. The SMILES string of the molecule is CCc1c(N2CCN(C(=O)c3ncnc(C)c3O)[C@H]3CC[C@@H]32)c(=O)c2nc(N(C)C)cnc2n1CC(=O)Nc1ccc(OC(F)(F)F)cc1F. The van der Waals surface area contributed by atoms with Gasteiger partial charge in [-0.25, -0.2) is 24.3 Å². The fraction of sp³-hybridized carbons (Fsp3) is 0.406. The highest BCUT2D eigenvalue weighted by Gasteiger charge is 2.47. The zero-order chi connectivity index (χ0) is 36.1. The topological polar surface area (TPSA) is 159 Å². The van der Waals surface area contributed by atoms with Crippen LogP contribution in [0.1, 0.15) is 41.6 Å². The van der Waals surface area contributed by atoms with Gasteiger partial charge in [-0.05, 0) is 38.3 Å². The molecular weight excluding hydrogens is 666 g/mol. The van der Waals surface area contributed by atoms with E-state index in [1.807, 2.05) is 4.90 Å². The lowest BCUT2D eigenvalue weighted by Crippen LogP contribution is -2.67. The Morgan fingerprint density at radius 1 is 1.12 bits per heavy atom. The maximum atomic E-state index is 14.7. The molecule has 1 saturated carbocycles.